The number of ether oxygens (including phenoxy) is 1. The first kappa shape index (κ1) is 26.6. The summed E-state index contributed by atoms with van der Waals surface area (Å²) in [5, 5.41) is 3.32. The lowest BCUT2D eigenvalue weighted by atomic mass is 10.1. The van der Waals surface area contributed by atoms with Crippen LogP contribution >= 0.6 is 0 Å². The quantitative estimate of drug-likeness (QED) is 0.617. The highest BCUT2D eigenvalue weighted by atomic mass is 16.5. The zero-order valence-electron chi connectivity index (χ0n) is 18.0. The topological polar surface area (TPSA) is 67.6 Å². The fourth-order valence-corrected chi connectivity index (χ4v) is 2.32. The molecule has 0 aliphatic rings. The fourth-order valence-electron chi connectivity index (χ4n) is 2.32. The number of carbonyl (C=O) groups is 1. The summed E-state index contributed by atoms with van der Waals surface area (Å²) in [6, 6.07) is 7.50. The smallest absolute Gasteiger partial charge is 0.239 e. The van der Waals surface area contributed by atoms with Gasteiger partial charge in [0.05, 0.1) is 13.2 Å². The molecule has 0 saturated heterocycles. The number of carbonyl (C=O) groups excluding carboxylic acids is 1. The Labute approximate surface area is 161 Å². The Morgan fingerprint density at radius 3 is 2.42 bits per heavy atom. The molecule has 0 spiro atoms. The van der Waals surface area contributed by atoms with Crippen LogP contribution in [0.4, 0.5) is 0 Å². The Morgan fingerprint density at radius 1 is 1.23 bits per heavy atom. The minimum absolute atomic E-state index is 0.0486. The maximum atomic E-state index is 12.2. The van der Waals surface area contributed by atoms with Gasteiger partial charge in [-0.25, -0.2) is 0 Å². The van der Waals surface area contributed by atoms with Crippen molar-refractivity contribution in [3.63, 3.8) is 0 Å². The van der Waals surface area contributed by atoms with Crippen LogP contribution in [-0.2, 0) is 11.3 Å². The minimum atomic E-state index is -0.427. The molecule has 0 radical (unpaired) electrons. The molecule has 0 unspecified atom stereocenters. The molecule has 1 amide bonds. The van der Waals surface area contributed by atoms with Crippen molar-refractivity contribution in [2.75, 3.05) is 26.7 Å². The van der Waals surface area contributed by atoms with E-state index in [4.69, 9.17) is 10.5 Å². The highest BCUT2D eigenvalue weighted by Gasteiger charge is 2.18. The molecule has 0 heterocycles. The second kappa shape index (κ2) is 18.2. The van der Waals surface area contributed by atoms with Crippen molar-refractivity contribution in [2.45, 2.75) is 67.0 Å². The zero-order chi connectivity index (χ0) is 20.4. The molecular weight excluding hydrogens is 326 g/mol. The van der Waals surface area contributed by atoms with Crippen LogP contribution in [0.25, 0.3) is 0 Å². The van der Waals surface area contributed by atoms with Crippen LogP contribution in [-0.4, -0.2) is 43.6 Å². The summed E-state index contributed by atoms with van der Waals surface area (Å²) < 4.78 is 5.19. The maximum Gasteiger partial charge on any atom is 0.239 e. The molecule has 5 nitrogen and oxygen atoms in total. The Kier molecular flexibility index (Phi) is 18.7. The van der Waals surface area contributed by atoms with Crippen LogP contribution in [0.5, 0.6) is 5.75 Å². The second-order valence-electron chi connectivity index (χ2n) is 5.34. The van der Waals surface area contributed by atoms with Gasteiger partial charge in [0, 0.05) is 19.6 Å². The Bertz CT molecular complexity index is 453. The molecule has 5 heteroatoms. The molecule has 1 aromatic carbocycles. The van der Waals surface area contributed by atoms with Crippen LogP contribution in [0.1, 0.15) is 59.9 Å². The van der Waals surface area contributed by atoms with Gasteiger partial charge in [0.25, 0.3) is 0 Å². The van der Waals surface area contributed by atoms with Crippen molar-refractivity contribution in [1.82, 2.24) is 10.2 Å². The minimum Gasteiger partial charge on any atom is -0.497 e. The van der Waals surface area contributed by atoms with Crippen LogP contribution in [0.15, 0.2) is 24.3 Å². The van der Waals surface area contributed by atoms with Gasteiger partial charge >= 0.3 is 0 Å². The van der Waals surface area contributed by atoms with Crippen molar-refractivity contribution in [1.29, 1.82) is 0 Å². The number of nitrogens with two attached hydrogens (primary N) is 1. The summed E-state index contributed by atoms with van der Waals surface area (Å²) in [4.78, 5) is 14.0. The first-order valence-electron chi connectivity index (χ1n) is 10.00. The fraction of sp³-hybridized carbons (Fsp3) is 0.667. The number of methoxy groups -OCH3 is 1. The molecule has 0 aromatic heterocycles. The molecule has 0 aliphatic heterocycles. The average Bonchev–Trinajstić information content (AvgIpc) is 2.71. The van der Waals surface area contributed by atoms with E-state index in [9.17, 15) is 4.79 Å². The highest BCUT2D eigenvalue weighted by Crippen LogP contribution is 2.12. The van der Waals surface area contributed by atoms with E-state index in [-0.39, 0.29) is 5.91 Å². The summed E-state index contributed by atoms with van der Waals surface area (Å²) in [5.41, 5.74) is 7.15. The van der Waals surface area contributed by atoms with Gasteiger partial charge in [-0.05, 0) is 44.0 Å². The molecule has 1 aromatic rings. The normalized spacial score (nSPS) is 10.6. The molecule has 0 aliphatic carbocycles. The third kappa shape index (κ3) is 11.1. The predicted molar refractivity (Wildman–Crippen MR) is 113 cm³/mol. The molecule has 1 rings (SSSR count). The van der Waals surface area contributed by atoms with Crippen LogP contribution in [0.2, 0.25) is 0 Å². The number of nitrogens with zero attached hydrogens (tertiary/aromatic N) is 1. The van der Waals surface area contributed by atoms with Crippen LogP contribution < -0.4 is 15.8 Å². The first-order chi connectivity index (χ1) is 12.6. The number of nitrogens with one attached hydrogen (secondary N) is 1. The van der Waals surface area contributed by atoms with E-state index in [2.05, 4.69) is 12.2 Å². The third-order valence-electron chi connectivity index (χ3n) is 3.60. The maximum absolute atomic E-state index is 12.2. The van der Waals surface area contributed by atoms with Gasteiger partial charge in [0.2, 0.25) is 5.91 Å². The number of hydrogen-bond acceptors (Lipinski definition) is 4. The number of hydrogen-bond donors (Lipinski definition) is 2. The highest BCUT2D eigenvalue weighted by molar-refractivity contribution is 5.81. The summed E-state index contributed by atoms with van der Waals surface area (Å²) in [5.74, 6) is 0.900. The van der Waals surface area contributed by atoms with E-state index in [0.29, 0.717) is 13.0 Å². The number of benzene rings is 1. The van der Waals surface area contributed by atoms with E-state index in [1.54, 1.807) is 7.11 Å². The van der Waals surface area contributed by atoms with Crippen molar-refractivity contribution in [3.05, 3.63) is 29.8 Å². The molecule has 152 valence electrons. The first-order valence-corrected chi connectivity index (χ1v) is 10.00. The van der Waals surface area contributed by atoms with E-state index >= 15 is 0 Å². The Hall–Kier alpha value is -1.59. The molecule has 0 bridgehead atoms. The zero-order valence-corrected chi connectivity index (χ0v) is 18.0. The molecule has 0 fully saturated rings. The Balaban J connectivity index is 0. The van der Waals surface area contributed by atoms with Gasteiger partial charge in [0.15, 0.2) is 0 Å². The van der Waals surface area contributed by atoms with E-state index in [0.717, 1.165) is 37.4 Å². The summed E-state index contributed by atoms with van der Waals surface area (Å²) in [7, 11) is 1.66. The summed E-state index contributed by atoms with van der Waals surface area (Å²) in [6.07, 6.45) is 1.60. The molecule has 3 N–H and O–H groups in total. The SMILES string of the molecule is CC.CC.CCCN(CC)C(=O)[C@@H](N)CCNCc1cccc(OC)c1. The predicted octanol–water partition coefficient (Wildman–Crippen LogP) is 3.81. The third-order valence-corrected chi connectivity index (χ3v) is 3.60. The number of amides is 1. The van der Waals surface area contributed by atoms with Gasteiger partial charge < -0.3 is 20.7 Å². The monoisotopic (exact) mass is 367 g/mol. The molecule has 26 heavy (non-hydrogen) atoms. The van der Waals surface area contributed by atoms with Gasteiger partial charge in [-0.3, -0.25) is 4.79 Å². The standard InChI is InChI=1S/C17H29N3O2.2C2H6/c1-4-11-20(5-2)17(21)16(18)9-10-19-13-14-7-6-8-15(12-14)22-3;2*1-2/h6-8,12,16,19H,4-5,9-11,13,18H2,1-3H3;2*1-2H3/t16-;;/m0../s1. The molecule has 1 atom stereocenters. The van der Waals surface area contributed by atoms with Crippen molar-refractivity contribution in [2.24, 2.45) is 5.73 Å². The lowest BCUT2D eigenvalue weighted by molar-refractivity contribution is -0.132. The summed E-state index contributed by atoms with van der Waals surface area (Å²) in [6.45, 7) is 15.0. The lowest BCUT2D eigenvalue weighted by Gasteiger charge is -2.23. The van der Waals surface area contributed by atoms with Crippen molar-refractivity contribution < 1.29 is 9.53 Å². The van der Waals surface area contributed by atoms with Crippen LogP contribution in [0.3, 0.4) is 0 Å². The molecule has 0 saturated carbocycles. The van der Waals surface area contributed by atoms with Gasteiger partial charge in [-0.2, -0.15) is 0 Å². The van der Waals surface area contributed by atoms with Gasteiger partial charge in [-0.1, -0.05) is 46.8 Å². The summed E-state index contributed by atoms with van der Waals surface area (Å²) >= 11 is 0. The second-order valence-corrected chi connectivity index (χ2v) is 5.34. The van der Waals surface area contributed by atoms with E-state index in [1.807, 2.05) is 63.8 Å². The lowest BCUT2D eigenvalue weighted by Crippen LogP contribution is -2.45. The Morgan fingerprint density at radius 2 is 1.88 bits per heavy atom. The average molecular weight is 368 g/mol. The largest absolute Gasteiger partial charge is 0.497 e. The van der Waals surface area contributed by atoms with Gasteiger partial charge in [-0.15, -0.1) is 0 Å². The van der Waals surface area contributed by atoms with Crippen LogP contribution in [0, 0.1) is 0 Å². The number of rotatable bonds is 10. The van der Waals surface area contributed by atoms with E-state index in [1.165, 1.54) is 0 Å². The van der Waals surface area contributed by atoms with E-state index < -0.39 is 6.04 Å². The molecular formula is C21H41N3O2. The number of likely N-dealkylation sites (N-methyl/N-ethyl adjacent to an activating group) is 1. The van der Waals surface area contributed by atoms with Crippen molar-refractivity contribution >= 4 is 5.91 Å². The van der Waals surface area contributed by atoms with Crippen molar-refractivity contribution in [3.8, 4) is 5.75 Å². The van der Waals surface area contributed by atoms with Gasteiger partial charge in [0.1, 0.15) is 5.75 Å².